The molecule has 114 valence electrons. The lowest BCUT2D eigenvalue weighted by Gasteiger charge is -2.28. The number of alkyl halides is 3. The Morgan fingerprint density at radius 3 is 2.10 bits per heavy atom. The van der Waals surface area contributed by atoms with Gasteiger partial charge in [0.05, 0.1) is 24.4 Å². The maximum Gasteiger partial charge on any atom is 0.391 e. The van der Waals surface area contributed by atoms with Gasteiger partial charge in [0.2, 0.25) is 6.29 Å². The smallest absolute Gasteiger partial charge is 0.341 e. The summed E-state index contributed by atoms with van der Waals surface area (Å²) in [7, 11) is 0. The summed E-state index contributed by atoms with van der Waals surface area (Å²) in [6, 6.07) is 0. The fourth-order valence-corrected chi connectivity index (χ4v) is 2.89. The molecule has 2 nitrogen and oxygen atoms in total. The molecule has 1 heterocycles. The zero-order valence-electron chi connectivity index (χ0n) is 11.4. The largest absolute Gasteiger partial charge is 0.391 e. The minimum Gasteiger partial charge on any atom is -0.341 e. The molecule has 1 saturated heterocycles. The van der Waals surface area contributed by atoms with E-state index in [-0.39, 0.29) is 18.8 Å². The van der Waals surface area contributed by atoms with E-state index < -0.39 is 18.4 Å². The molecule has 0 aromatic heterocycles. The zero-order valence-corrected chi connectivity index (χ0v) is 12.2. The molecule has 0 aromatic carbocycles. The summed E-state index contributed by atoms with van der Waals surface area (Å²) in [4.78, 5) is 0. The third kappa shape index (κ3) is 4.57. The number of hydrogen-bond acceptors (Lipinski definition) is 3. The quantitative estimate of drug-likeness (QED) is 0.691. The van der Waals surface area contributed by atoms with Crippen molar-refractivity contribution < 1.29 is 22.6 Å². The highest BCUT2D eigenvalue weighted by atomic mass is 32.2. The Kier molecular flexibility index (Phi) is 5.65. The van der Waals surface area contributed by atoms with E-state index in [1.54, 1.807) is 11.8 Å². The molecule has 0 aromatic rings. The van der Waals surface area contributed by atoms with Gasteiger partial charge in [-0.3, -0.25) is 0 Å². The molecule has 0 radical (unpaired) electrons. The van der Waals surface area contributed by atoms with Crippen LogP contribution in [0.3, 0.4) is 0 Å². The van der Waals surface area contributed by atoms with Crippen LogP contribution in [0, 0.1) is 23.7 Å². The van der Waals surface area contributed by atoms with Gasteiger partial charge in [0.15, 0.2) is 0 Å². The first kappa shape index (κ1) is 16.0. The first-order valence-corrected chi connectivity index (χ1v) is 8.11. The normalized spacial score (nSPS) is 35.2. The van der Waals surface area contributed by atoms with Crippen LogP contribution < -0.4 is 0 Å². The Labute approximate surface area is 121 Å². The van der Waals surface area contributed by atoms with Crippen molar-refractivity contribution in [2.24, 2.45) is 11.8 Å². The van der Waals surface area contributed by atoms with E-state index >= 15 is 0 Å². The second-order valence-corrected chi connectivity index (χ2v) is 6.37. The molecule has 0 unspecified atom stereocenters. The number of thioether (sulfide) groups is 1. The van der Waals surface area contributed by atoms with E-state index in [0.717, 1.165) is 0 Å². The van der Waals surface area contributed by atoms with Crippen molar-refractivity contribution in [3.63, 3.8) is 0 Å². The van der Waals surface area contributed by atoms with Crippen LogP contribution in [-0.4, -0.2) is 37.2 Å². The van der Waals surface area contributed by atoms with Crippen molar-refractivity contribution in [1.29, 1.82) is 0 Å². The highest BCUT2D eigenvalue weighted by Crippen LogP contribution is 2.39. The summed E-state index contributed by atoms with van der Waals surface area (Å²) >= 11 is 1.69. The molecular weight excluding hydrogens is 289 g/mol. The van der Waals surface area contributed by atoms with Gasteiger partial charge in [-0.05, 0) is 37.9 Å². The minimum absolute atomic E-state index is 0.0408. The predicted molar refractivity (Wildman–Crippen MR) is 72.3 cm³/mol. The Hall–Kier alpha value is -0.380. The molecule has 0 N–H and O–H groups in total. The predicted octanol–water partition coefficient (Wildman–Crippen LogP) is 3.46. The molecule has 0 amide bonds. The molecule has 1 aliphatic heterocycles. The van der Waals surface area contributed by atoms with E-state index in [2.05, 4.69) is 11.8 Å². The monoisotopic (exact) mass is 308 g/mol. The summed E-state index contributed by atoms with van der Waals surface area (Å²) in [6.07, 6.45) is -1.18. The Bertz CT molecular complexity index is 359. The topological polar surface area (TPSA) is 18.5 Å². The molecular formula is C14H19F3O2S. The highest BCUT2D eigenvalue weighted by Gasteiger charge is 2.41. The number of ether oxygens (including phenoxy) is 2. The average molecular weight is 308 g/mol. The van der Waals surface area contributed by atoms with Gasteiger partial charge in [-0.2, -0.15) is 24.9 Å². The number of halogens is 3. The van der Waals surface area contributed by atoms with Crippen LogP contribution in [0.4, 0.5) is 13.2 Å². The second-order valence-electron chi connectivity index (χ2n) is 5.24. The summed E-state index contributed by atoms with van der Waals surface area (Å²) in [5, 5.41) is 0.343. The van der Waals surface area contributed by atoms with E-state index in [4.69, 9.17) is 9.47 Å². The van der Waals surface area contributed by atoms with Gasteiger partial charge in [-0.15, -0.1) is 0 Å². The molecule has 0 spiro atoms. The van der Waals surface area contributed by atoms with E-state index in [1.807, 2.05) is 6.26 Å². The molecule has 0 bridgehead atoms. The van der Waals surface area contributed by atoms with Crippen LogP contribution >= 0.6 is 11.8 Å². The van der Waals surface area contributed by atoms with Crippen molar-refractivity contribution in [1.82, 2.24) is 0 Å². The molecule has 2 aliphatic rings. The van der Waals surface area contributed by atoms with Crippen molar-refractivity contribution in [2.75, 3.05) is 19.5 Å². The Morgan fingerprint density at radius 2 is 1.60 bits per heavy atom. The maximum absolute atomic E-state index is 12.5. The average Bonchev–Trinajstić information content (AvgIpc) is 2.45. The van der Waals surface area contributed by atoms with Crippen LogP contribution in [-0.2, 0) is 9.47 Å². The molecule has 1 saturated carbocycles. The van der Waals surface area contributed by atoms with Gasteiger partial charge in [0.25, 0.3) is 0 Å². The van der Waals surface area contributed by atoms with Crippen LogP contribution in [0.15, 0.2) is 0 Å². The third-order valence-corrected chi connectivity index (χ3v) is 4.73. The molecule has 1 aliphatic carbocycles. The van der Waals surface area contributed by atoms with Crippen LogP contribution in [0.1, 0.15) is 25.7 Å². The SMILES string of the molecule is CSC1COC(C#CC2CCC(C(F)(F)F)CC2)OC1. The fourth-order valence-electron chi connectivity index (χ4n) is 2.46. The molecule has 2 rings (SSSR count). The highest BCUT2D eigenvalue weighted by molar-refractivity contribution is 7.99. The zero-order chi connectivity index (χ0) is 14.6. The van der Waals surface area contributed by atoms with Gasteiger partial charge in [-0.1, -0.05) is 5.92 Å². The standard InChI is InChI=1S/C14H19F3O2S/c1-20-12-8-18-13(19-9-12)7-4-10-2-5-11(6-3-10)14(15,16)17/h10-13H,2-3,5-6,8-9H2,1H3. The van der Waals surface area contributed by atoms with E-state index in [1.165, 1.54) is 0 Å². The summed E-state index contributed by atoms with van der Waals surface area (Å²) < 4.78 is 48.5. The van der Waals surface area contributed by atoms with Crippen molar-refractivity contribution in [3.8, 4) is 11.8 Å². The lowest BCUT2D eigenvalue weighted by Crippen LogP contribution is -2.33. The summed E-state index contributed by atoms with van der Waals surface area (Å²) in [5.74, 6) is 4.82. The van der Waals surface area contributed by atoms with Crippen molar-refractivity contribution in [3.05, 3.63) is 0 Å². The second kappa shape index (κ2) is 7.06. The first-order valence-electron chi connectivity index (χ1n) is 6.83. The Balaban J connectivity index is 1.75. The van der Waals surface area contributed by atoms with Crippen LogP contribution in [0.2, 0.25) is 0 Å². The fraction of sp³-hybridized carbons (Fsp3) is 0.857. The minimum atomic E-state index is -4.05. The third-order valence-electron chi connectivity index (χ3n) is 3.80. The van der Waals surface area contributed by atoms with Gasteiger partial charge >= 0.3 is 6.18 Å². The summed E-state index contributed by atoms with van der Waals surface area (Å²) in [6.45, 7) is 1.22. The number of rotatable bonds is 1. The van der Waals surface area contributed by atoms with Crippen molar-refractivity contribution in [2.45, 2.75) is 43.4 Å². The molecule has 20 heavy (non-hydrogen) atoms. The molecule has 0 atom stereocenters. The van der Waals surface area contributed by atoms with Crippen LogP contribution in [0.25, 0.3) is 0 Å². The van der Waals surface area contributed by atoms with E-state index in [0.29, 0.717) is 31.3 Å². The first-order chi connectivity index (χ1) is 9.49. The van der Waals surface area contributed by atoms with Gasteiger partial charge < -0.3 is 9.47 Å². The van der Waals surface area contributed by atoms with Gasteiger partial charge in [0, 0.05) is 5.92 Å². The summed E-state index contributed by atoms with van der Waals surface area (Å²) in [5.41, 5.74) is 0. The molecule has 6 heteroatoms. The number of hydrogen-bond donors (Lipinski definition) is 0. The molecule has 2 fully saturated rings. The van der Waals surface area contributed by atoms with Gasteiger partial charge in [0.1, 0.15) is 0 Å². The lowest BCUT2D eigenvalue weighted by molar-refractivity contribution is -0.183. The van der Waals surface area contributed by atoms with Gasteiger partial charge in [-0.25, -0.2) is 0 Å². The maximum atomic E-state index is 12.5. The van der Waals surface area contributed by atoms with Crippen LogP contribution in [0.5, 0.6) is 0 Å². The van der Waals surface area contributed by atoms with Crippen molar-refractivity contribution >= 4 is 11.8 Å². The lowest BCUT2D eigenvalue weighted by atomic mass is 9.82. The van der Waals surface area contributed by atoms with E-state index in [9.17, 15) is 13.2 Å². The Morgan fingerprint density at radius 1 is 1.00 bits per heavy atom.